The molecule has 67 heavy (non-hydrogen) atoms. The van der Waals surface area contributed by atoms with Gasteiger partial charge in [0.2, 0.25) is 5.91 Å². The van der Waals surface area contributed by atoms with E-state index in [4.69, 9.17) is 9.47 Å². The van der Waals surface area contributed by atoms with E-state index in [2.05, 4.69) is 35.5 Å². The van der Waals surface area contributed by atoms with Gasteiger partial charge in [-0.15, -0.1) is 0 Å². The number of hydrogen-bond acceptors (Lipinski definition) is 10. The zero-order valence-electron chi connectivity index (χ0n) is 42.7. The number of unbranched alkanes of at least 4 members (excludes halogenated alkanes) is 34. The molecule has 1 aliphatic heterocycles. The smallest absolute Gasteiger partial charge is 0.394 e. The van der Waals surface area contributed by atoms with Gasteiger partial charge in [-0.25, -0.2) is 4.18 Å². The summed E-state index contributed by atoms with van der Waals surface area (Å²) >= 11 is 0. The van der Waals surface area contributed by atoms with E-state index in [1.165, 1.54) is 186 Å². The largest absolute Gasteiger partial charge is 0.397 e. The molecule has 0 aromatic rings. The number of nitrogens with one attached hydrogen (secondary N) is 1. The van der Waals surface area contributed by atoms with Crippen LogP contribution in [-0.4, -0.2) is 95.4 Å². The number of allylic oxidation sites excluding steroid dienone is 3. The summed E-state index contributed by atoms with van der Waals surface area (Å²) in [6.45, 7) is 3.37. The molecule has 0 aromatic heterocycles. The van der Waals surface area contributed by atoms with Crippen molar-refractivity contribution in [3.05, 3.63) is 24.3 Å². The highest BCUT2D eigenvalue weighted by Crippen LogP contribution is 2.26. The van der Waals surface area contributed by atoms with Crippen molar-refractivity contribution in [2.24, 2.45) is 0 Å². The van der Waals surface area contributed by atoms with Gasteiger partial charge in [-0.3, -0.25) is 9.35 Å². The molecular weight excluding hydrogens is 871 g/mol. The number of amides is 1. The van der Waals surface area contributed by atoms with Crippen molar-refractivity contribution in [2.75, 3.05) is 13.2 Å². The third-order valence-electron chi connectivity index (χ3n) is 13.2. The zero-order valence-corrected chi connectivity index (χ0v) is 43.5. The van der Waals surface area contributed by atoms with E-state index in [-0.39, 0.29) is 18.9 Å². The summed E-state index contributed by atoms with van der Waals surface area (Å²) in [7, 11) is -5.08. The minimum atomic E-state index is -5.08. The molecule has 1 aliphatic rings. The lowest BCUT2D eigenvalue weighted by Crippen LogP contribution is -2.61. The first-order chi connectivity index (χ1) is 32.5. The average molecular weight is 974 g/mol. The second-order valence-corrected chi connectivity index (χ2v) is 20.6. The number of carbonyl (C=O) groups is 1. The van der Waals surface area contributed by atoms with Gasteiger partial charge in [-0.05, 0) is 44.9 Å². The number of hydrogen-bond donors (Lipinski definition) is 6. The van der Waals surface area contributed by atoms with Crippen LogP contribution in [0.25, 0.3) is 0 Å². The van der Waals surface area contributed by atoms with E-state index in [1.54, 1.807) is 6.08 Å². The minimum absolute atomic E-state index is 0.262. The lowest BCUT2D eigenvalue weighted by molar-refractivity contribution is -0.298. The Bertz CT molecular complexity index is 1280. The molecule has 0 aliphatic carbocycles. The molecule has 7 unspecified atom stereocenters. The number of carbonyl (C=O) groups excluding carboxylic acids is 1. The van der Waals surface area contributed by atoms with Gasteiger partial charge in [0.15, 0.2) is 6.29 Å². The molecule has 0 bridgehead atoms. The summed E-state index contributed by atoms with van der Waals surface area (Å²) in [6, 6.07) is -0.940. The third-order valence-corrected chi connectivity index (χ3v) is 13.7. The molecule has 0 radical (unpaired) electrons. The Morgan fingerprint density at radius 2 is 0.955 bits per heavy atom. The number of aliphatic hydroxyl groups excluding tert-OH is 4. The van der Waals surface area contributed by atoms with Crippen molar-refractivity contribution in [3.8, 4) is 0 Å². The highest BCUT2D eigenvalue weighted by atomic mass is 32.3. The molecule has 1 heterocycles. The average Bonchev–Trinajstić information content (AvgIpc) is 3.30. The van der Waals surface area contributed by atoms with Gasteiger partial charge in [0.25, 0.3) is 0 Å². The van der Waals surface area contributed by atoms with Crippen molar-refractivity contribution in [1.82, 2.24) is 5.32 Å². The van der Waals surface area contributed by atoms with Crippen LogP contribution in [-0.2, 0) is 28.9 Å². The second-order valence-electron chi connectivity index (χ2n) is 19.5. The van der Waals surface area contributed by atoms with Gasteiger partial charge in [0.1, 0.15) is 24.4 Å². The van der Waals surface area contributed by atoms with Crippen LogP contribution >= 0.6 is 0 Å². The van der Waals surface area contributed by atoms with Gasteiger partial charge >= 0.3 is 10.4 Å². The number of aliphatic hydroxyl groups is 4. The Kier molecular flexibility index (Phi) is 42.3. The normalized spacial score (nSPS) is 20.0. The van der Waals surface area contributed by atoms with Gasteiger partial charge in [0, 0.05) is 6.42 Å². The lowest BCUT2D eigenvalue weighted by Gasteiger charge is -2.41. The van der Waals surface area contributed by atoms with Crippen LogP contribution < -0.4 is 5.32 Å². The molecule has 0 aromatic carbocycles. The highest BCUT2D eigenvalue weighted by molar-refractivity contribution is 7.80. The van der Waals surface area contributed by atoms with E-state index >= 15 is 0 Å². The van der Waals surface area contributed by atoms with E-state index in [1.807, 2.05) is 6.08 Å². The molecule has 6 N–H and O–H groups in total. The standard InChI is InChI=1S/C54H103NO11S/c1-3-5-7-9-11-13-14-15-16-17-18-19-20-21-22-23-24-25-26-27-28-29-30-31-32-33-34-36-38-40-42-44-50(58)55-47(48(57)43-41-39-37-35-12-10-8-6-4-2)46-64-54-52(60)53(66-67(61,62)63)51(59)49(45-56)65-54/h21-22,41,43,47-49,51-54,56-57,59-60H,3-20,23-40,42,44-46H2,1-2H3,(H,55,58)(H,61,62,63)/b22-21-,43-41+. The summed E-state index contributed by atoms with van der Waals surface area (Å²) in [4.78, 5) is 13.0. The maximum Gasteiger partial charge on any atom is 0.397 e. The molecular formula is C54H103NO11S. The van der Waals surface area contributed by atoms with E-state index in [0.29, 0.717) is 6.42 Å². The number of rotatable bonds is 48. The highest BCUT2D eigenvalue weighted by Gasteiger charge is 2.48. The Morgan fingerprint density at radius 3 is 1.34 bits per heavy atom. The minimum Gasteiger partial charge on any atom is -0.394 e. The predicted octanol–water partition coefficient (Wildman–Crippen LogP) is 12.5. The Morgan fingerprint density at radius 1 is 0.582 bits per heavy atom. The van der Waals surface area contributed by atoms with Gasteiger partial charge in [-0.2, -0.15) is 8.42 Å². The van der Waals surface area contributed by atoms with Crippen molar-refractivity contribution >= 4 is 16.3 Å². The Hall–Kier alpha value is -1.42. The summed E-state index contributed by atoms with van der Waals surface area (Å²) in [6.07, 6.45) is 45.5. The summed E-state index contributed by atoms with van der Waals surface area (Å²) < 4.78 is 47.6. The monoisotopic (exact) mass is 974 g/mol. The molecule has 13 heteroatoms. The van der Waals surface area contributed by atoms with Crippen LogP contribution in [0.1, 0.15) is 258 Å². The number of ether oxygens (including phenoxy) is 2. The van der Waals surface area contributed by atoms with Crippen molar-refractivity contribution in [3.63, 3.8) is 0 Å². The maximum absolute atomic E-state index is 13.0. The van der Waals surface area contributed by atoms with E-state index < -0.39 is 59.9 Å². The van der Waals surface area contributed by atoms with Crippen molar-refractivity contribution in [1.29, 1.82) is 0 Å². The fraction of sp³-hybridized carbons (Fsp3) is 0.907. The molecule has 1 amide bonds. The fourth-order valence-electron chi connectivity index (χ4n) is 8.92. The molecule has 1 fully saturated rings. The SMILES string of the molecule is CCCCCCCCC/C=C/C(O)C(COC1OC(CO)C(O)C(OS(=O)(=O)O)C1O)NC(=O)CCCCCCCCCCCCCCCCC/C=C\CCCCCCCCCCCCCC. The van der Waals surface area contributed by atoms with Crippen LogP contribution in [0.15, 0.2) is 24.3 Å². The molecule has 12 nitrogen and oxygen atoms in total. The van der Waals surface area contributed by atoms with Crippen molar-refractivity contribution in [2.45, 2.75) is 301 Å². The first-order valence-corrected chi connectivity index (χ1v) is 29.1. The van der Waals surface area contributed by atoms with Crippen LogP contribution in [0.4, 0.5) is 0 Å². The Labute approximate surface area is 410 Å². The molecule has 7 atom stereocenters. The summed E-state index contributed by atoms with van der Waals surface area (Å²) in [5, 5.41) is 44.7. The van der Waals surface area contributed by atoms with Gasteiger partial charge in [-0.1, -0.05) is 231 Å². The van der Waals surface area contributed by atoms with E-state index in [0.717, 1.165) is 44.9 Å². The molecule has 396 valence electrons. The first-order valence-electron chi connectivity index (χ1n) is 27.7. The lowest BCUT2D eigenvalue weighted by atomic mass is 9.99. The van der Waals surface area contributed by atoms with E-state index in [9.17, 15) is 38.2 Å². The topological polar surface area (TPSA) is 192 Å². The van der Waals surface area contributed by atoms with Gasteiger partial charge in [0.05, 0.1) is 25.4 Å². The molecule has 0 spiro atoms. The van der Waals surface area contributed by atoms with Crippen LogP contribution in [0, 0.1) is 0 Å². The van der Waals surface area contributed by atoms with Crippen LogP contribution in [0.5, 0.6) is 0 Å². The fourth-order valence-corrected chi connectivity index (χ4v) is 9.43. The van der Waals surface area contributed by atoms with Crippen LogP contribution in [0.3, 0.4) is 0 Å². The summed E-state index contributed by atoms with van der Waals surface area (Å²) in [5.41, 5.74) is 0. The second kappa shape index (κ2) is 44.5. The summed E-state index contributed by atoms with van der Waals surface area (Å²) in [5.74, 6) is -0.262. The molecule has 1 rings (SSSR count). The zero-order chi connectivity index (χ0) is 49.1. The quantitative estimate of drug-likeness (QED) is 0.0193. The first kappa shape index (κ1) is 63.6. The van der Waals surface area contributed by atoms with Crippen molar-refractivity contribution < 1.29 is 51.8 Å². The maximum atomic E-state index is 13.0. The molecule has 1 saturated heterocycles. The van der Waals surface area contributed by atoms with Gasteiger partial charge < -0.3 is 35.2 Å². The Balaban J connectivity index is 2.20. The molecule has 0 saturated carbocycles. The predicted molar refractivity (Wildman–Crippen MR) is 273 cm³/mol. The van der Waals surface area contributed by atoms with Crippen LogP contribution in [0.2, 0.25) is 0 Å². The third kappa shape index (κ3) is 37.1.